The molecule has 1 unspecified atom stereocenters. The van der Waals surface area contributed by atoms with E-state index in [2.05, 4.69) is 10.6 Å². The van der Waals surface area contributed by atoms with Gasteiger partial charge in [0.2, 0.25) is 0 Å². The molecule has 0 spiro atoms. The Labute approximate surface area is 122 Å². The van der Waals surface area contributed by atoms with Crippen LogP contribution < -0.4 is 10.6 Å². The summed E-state index contributed by atoms with van der Waals surface area (Å²) in [6.45, 7) is 2.29. The quantitative estimate of drug-likeness (QED) is 0.592. The van der Waals surface area contributed by atoms with E-state index >= 15 is 0 Å². The lowest BCUT2D eigenvalue weighted by atomic mass is 10.1. The van der Waals surface area contributed by atoms with Gasteiger partial charge >= 0.3 is 0 Å². The lowest BCUT2D eigenvalue weighted by molar-refractivity contribution is -0.384. The zero-order valence-corrected chi connectivity index (χ0v) is 12.1. The lowest BCUT2D eigenvalue weighted by Gasteiger charge is -2.14. The minimum Gasteiger partial charge on any atom is -0.383 e. The maximum atomic E-state index is 11.9. The fourth-order valence-electron chi connectivity index (χ4n) is 2.00. The number of amides is 1. The van der Waals surface area contributed by atoms with E-state index in [1.54, 1.807) is 19.2 Å². The smallest absolute Gasteiger partial charge is 0.293 e. The Kier molecular flexibility index (Phi) is 4.74. The van der Waals surface area contributed by atoms with E-state index < -0.39 is 4.92 Å². The highest BCUT2D eigenvalue weighted by atomic mass is 16.6. The highest BCUT2D eigenvalue weighted by Gasteiger charge is 2.25. The molecular formula is C14H19N3O4. The third kappa shape index (κ3) is 4.16. The molecule has 7 heteroatoms. The zero-order valence-electron chi connectivity index (χ0n) is 12.1. The number of methoxy groups -OCH3 is 1. The van der Waals surface area contributed by atoms with Crippen LogP contribution >= 0.6 is 0 Å². The number of benzene rings is 1. The second kappa shape index (κ2) is 6.53. The number of ether oxygens (including phenoxy) is 1. The molecule has 2 N–H and O–H groups in total. The van der Waals surface area contributed by atoms with Gasteiger partial charge in [-0.05, 0) is 31.9 Å². The molecule has 1 fully saturated rings. The van der Waals surface area contributed by atoms with Gasteiger partial charge in [-0.25, -0.2) is 0 Å². The third-order valence-electron chi connectivity index (χ3n) is 3.19. The van der Waals surface area contributed by atoms with Crippen LogP contribution in [0, 0.1) is 10.1 Å². The molecule has 1 aromatic carbocycles. The summed E-state index contributed by atoms with van der Waals surface area (Å²) in [6.07, 6.45) is 1.95. The number of nitro groups is 1. The van der Waals surface area contributed by atoms with Crippen LogP contribution in [0.15, 0.2) is 18.2 Å². The fraction of sp³-hybridized carbons (Fsp3) is 0.500. The number of nitrogens with zero attached hydrogens (tertiary/aromatic N) is 1. The van der Waals surface area contributed by atoms with Crippen LogP contribution in [0.3, 0.4) is 0 Å². The maximum Gasteiger partial charge on any atom is 0.293 e. The molecule has 1 aliphatic rings. The molecular weight excluding hydrogens is 274 g/mol. The van der Waals surface area contributed by atoms with Crippen molar-refractivity contribution in [1.82, 2.24) is 5.32 Å². The molecule has 0 aromatic heterocycles. The Morgan fingerprint density at radius 1 is 1.52 bits per heavy atom. The van der Waals surface area contributed by atoms with Gasteiger partial charge in [-0.1, -0.05) is 0 Å². The molecule has 0 heterocycles. The molecule has 114 valence electrons. The Balaban J connectivity index is 2.17. The summed E-state index contributed by atoms with van der Waals surface area (Å²) in [7, 11) is 1.57. The molecule has 2 rings (SSSR count). The number of nitro benzene ring substituents is 1. The van der Waals surface area contributed by atoms with Crippen molar-refractivity contribution in [2.75, 3.05) is 19.0 Å². The number of carbonyl (C=O) groups is 1. The van der Waals surface area contributed by atoms with Crippen LogP contribution in [-0.2, 0) is 4.74 Å². The van der Waals surface area contributed by atoms with Gasteiger partial charge in [-0.15, -0.1) is 0 Å². The van der Waals surface area contributed by atoms with Crippen molar-refractivity contribution in [3.8, 4) is 0 Å². The van der Waals surface area contributed by atoms with E-state index in [1.165, 1.54) is 6.07 Å². The van der Waals surface area contributed by atoms with E-state index in [4.69, 9.17) is 4.74 Å². The molecule has 0 aliphatic heterocycles. The van der Waals surface area contributed by atoms with Crippen LogP contribution in [0.4, 0.5) is 11.4 Å². The van der Waals surface area contributed by atoms with Crippen LogP contribution in [0.25, 0.3) is 0 Å². The first-order valence-corrected chi connectivity index (χ1v) is 6.86. The summed E-state index contributed by atoms with van der Waals surface area (Å²) < 4.78 is 4.99. The van der Waals surface area contributed by atoms with Crippen molar-refractivity contribution in [2.24, 2.45) is 0 Å². The molecule has 1 atom stereocenters. The number of carbonyl (C=O) groups excluding carboxylic acids is 1. The van der Waals surface area contributed by atoms with Crippen LogP contribution in [0.2, 0.25) is 0 Å². The first-order valence-electron chi connectivity index (χ1n) is 6.86. The first kappa shape index (κ1) is 15.2. The summed E-state index contributed by atoms with van der Waals surface area (Å²) in [5, 5.41) is 17.0. The van der Waals surface area contributed by atoms with Gasteiger partial charge in [0.15, 0.2) is 0 Å². The van der Waals surface area contributed by atoms with Crippen LogP contribution in [0.1, 0.15) is 30.1 Å². The number of hydrogen-bond acceptors (Lipinski definition) is 5. The zero-order chi connectivity index (χ0) is 15.4. The predicted molar refractivity (Wildman–Crippen MR) is 78.5 cm³/mol. The van der Waals surface area contributed by atoms with Gasteiger partial charge in [0, 0.05) is 30.8 Å². The summed E-state index contributed by atoms with van der Waals surface area (Å²) in [5.74, 6) is -0.267. The van der Waals surface area contributed by atoms with E-state index in [1.807, 2.05) is 6.92 Å². The van der Waals surface area contributed by atoms with E-state index in [-0.39, 0.29) is 23.7 Å². The molecule has 1 aliphatic carbocycles. The molecule has 1 saturated carbocycles. The van der Waals surface area contributed by atoms with E-state index in [9.17, 15) is 14.9 Å². The van der Waals surface area contributed by atoms with Gasteiger partial charge in [-0.3, -0.25) is 14.9 Å². The van der Waals surface area contributed by atoms with Crippen molar-refractivity contribution < 1.29 is 14.5 Å². The van der Waals surface area contributed by atoms with Gasteiger partial charge in [0.1, 0.15) is 5.69 Å². The number of rotatable bonds is 7. The normalized spacial score (nSPS) is 15.3. The Bertz CT molecular complexity index is 543. The lowest BCUT2D eigenvalue weighted by Crippen LogP contribution is -2.25. The Morgan fingerprint density at radius 3 is 2.81 bits per heavy atom. The van der Waals surface area contributed by atoms with Gasteiger partial charge in [0.05, 0.1) is 11.5 Å². The van der Waals surface area contributed by atoms with Gasteiger partial charge in [-0.2, -0.15) is 0 Å². The fourth-order valence-corrected chi connectivity index (χ4v) is 2.00. The number of nitrogens with one attached hydrogen (secondary N) is 2. The highest BCUT2D eigenvalue weighted by molar-refractivity contribution is 5.96. The second-order valence-electron chi connectivity index (χ2n) is 5.24. The minimum absolute atomic E-state index is 0.0696. The van der Waals surface area contributed by atoms with Crippen molar-refractivity contribution in [3.63, 3.8) is 0 Å². The molecule has 1 aromatic rings. The monoisotopic (exact) mass is 293 g/mol. The summed E-state index contributed by atoms with van der Waals surface area (Å²) in [5.41, 5.74) is 0.576. The maximum absolute atomic E-state index is 11.9. The van der Waals surface area contributed by atoms with Crippen LogP contribution in [-0.4, -0.2) is 36.6 Å². The molecule has 0 radical (unpaired) electrons. The van der Waals surface area contributed by atoms with Crippen LogP contribution in [0.5, 0.6) is 0 Å². The number of anilines is 1. The van der Waals surface area contributed by atoms with Crippen molar-refractivity contribution in [3.05, 3.63) is 33.9 Å². The molecule has 0 bridgehead atoms. The number of hydrogen-bond donors (Lipinski definition) is 2. The minimum atomic E-state index is -0.490. The van der Waals surface area contributed by atoms with Crippen molar-refractivity contribution >= 4 is 17.3 Å². The van der Waals surface area contributed by atoms with Crippen molar-refractivity contribution in [1.29, 1.82) is 0 Å². The first-order chi connectivity index (χ1) is 10.0. The van der Waals surface area contributed by atoms with Gasteiger partial charge in [0.25, 0.3) is 11.6 Å². The summed E-state index contributed by atoms with van der Waals surface area (Å²) >= 11 is 0. The van der Waals surface area contributed by atoms with Gasteiger partial charge < -0.3 is 15.4 Å². The third-order valence-corrected chi connectivity index (χ3v) is 3.19. The SMILES string of the molecule is COCC(C)Nc1ccc(C(=O)NC2CC2)cc1[N+](=O)[O-]. The van der Waals surface area contributed by atoms with E-state index in [0.29, 0.717) is 17.9 Å². The predicted octanol–water partition coefficient (Wildman–Crippen LogP) is 1.93. The molecule has 0 saturated heterocycles. The summed E-state index contributed by atoms with van der Waals surface area (Å²) in [6, 6.07) is 4.61. The molecule has 1 amide bonds. The topological polar surface area (TPSA) is 93.5 Å². The summed E-state index contributed by atoms with van der Waals surface area (Å²) in [4.78, 5) is 22.6. The van der Waals surface area contributed by atoms with Crippen molar-refractivity contribution in [2.45, 2.75) is 31.8 Å². The Morgan fingerprint density at radius 2 is 2.24 bits per heavy atom. The molecule has 21 heavy (non-hydrogen) atoms. The second-order valence-corrected chi connectivity index (χ2v) is 5.24. The average Bonchev–Trinajstić information content (AvgIpc) is 3.23. The highest BCUT2D eigenvalue weighted by Crippen LogP contribution is 2.27. The largest absolute Gasteiger partial charge is 0.383 e. The molecule has 7 nitrogen and oxygen atoms in total. The Hall–Kier alpha value is -2.15. The standard InChI is InChI=1S/C14H19N3O4/c1-9(8-21-2)15-12-6-3-10(7-13(12)17(19)20)14(18)16-11-4-5-11/h3,6-7,9,11,15H,4-5,8H2,1-2H3,(H,16,18). The van der Waals surface area contributed by atoms with E-state index in [0.717, 1.165) is 12.8 Å². The average molecular weight is 293 g/mol.